The molecule has 0 unspecified atom stereocenters. The van der Waals surface area contributed by atoms with Crippen LogP contribution in [0.3, 0.4) is 0 Å². The number of anilines is 2. The molecule has 0 fully saturated rings. The second-order valence-corrected chi connectivity index (χ2v) is 12.0. The first kappa shape index (κ1) is 22.5. The second-order valence-electron chi connectivity index (χ2n) is 9.84. The van der Waals surface area contributed by atoms with Crippen molar-refractivity contribution in [2.24, 2.45) is 0 Å². The largest absolute Gasteiger partial charge is 0.355 e. The molecule has 184 valence electrons. The standard InChI is InChI=1S/C36H23NS2/c1-3-9-23(10-4-1)25-15-17-29-34(21-25)39-36-27(24-11-5-2-6-12-24)18-19-31(35(29)36)37-26-16-20-33-30(22-26)28-13-7-8-14-32(28)38-33/h1-22,37H. The molecule has 1 nitrogen and oxygen atoms in total. The van der Waals surface area contributed by atoms with Gasteiger partial charge in [-0.3, -0.25) is 0 Å². The van der Waals surface area contributed by atoms with Gasteiger partial charge in [0.2, 0.25) is 0 Å². The van der Waals surface area contributed by atoms with E-state index in [2.05, 4.69) is 139 Å². The highest BCUT2D eigenvalue weighted by molar-refractivity contribution is 7.26. The van der Waals surface area contributed by atoms with Gasteiger partial charge in [0.1, 0.15) is 0 Å². The predicted octanol–water partition coefficient (Wildman–Crippen LogP) is 11.5. The molecular formula is C36H23NS2. The summed E-state index contributed by atoms with van der Waals surface area (Å²) >= 11 is 3.74. The minimum atomic E-state index is 1.11. The Balaban J connectivity index is 1.32. The normalized spacial score (nSPS) is 11.6. The van der Waals surface area contributed by atoms with E-state index in [1.807, 2.05) is 22.7 Å². The summed E-state index contributed by atoms with van der Waals surface area (Å²) in [6.45, 7) is 0. The Kier molecular flexibility index (Phi) is 5.25. The first-order chi connectivity index (χ1) is 19.3. The number of fused-ring (bicyclic) bond motifs is 6. The number of hydrogen-bond acceptors (Lipinski definition) is 3. The molecule has 0 radical (unpaired) electrons. The molecule has 6 aromatic carbocycles. The van der Waals surface area contributed by atoms with Gasteiger partial charge in [-0.2, -0.15) is 0 Å². The zero-order valence-electron chi connectivity index (χ0n) is 21.0. The van der Waals surface area contributed by atoms with Gasteiger partial charge in [-0.15, -0.1) is 22.7 Å². The minimum Gasteiger partial charge on any atom is -0.355 e. The fraction of sp³-hybridized carbons (Fsp3) is 0. The van der Waals surface area contributed by atoms with Crippen LogP contribution >= 0.6 is 22.7 Å². The van der Waals surface area contributed by atoms with E-state index in [4.69, 9.17) is 0 Å². The molecule has 39 heavy (non-hydrogen) atoms. The third kappa shape index (κ3) is 3.82. The Morgan fingerprint density at radius 2 is 1.18 bits per heavy atom. The molecule has 0 aliphatic rings. The van der Waals surface area contributed by atoms with Gasteiger partial charge in [-0.05, 0) is 58.7 Å². The molecule has 0 atom stereocenters. The SMILES string of the molecule is c1ccc(-c2ccc3c(c2)sc2c(-c4ccccc4)ccc(Nc4ccc5sc6ccccc6c5c4)c23)cc1. The van der Waals surface area contributed by atoms with Crippen LogP contribution in [0.4, 0.5) is 11.4 Å². The van der Waals surface area contributed by atoms with Crippen LogP contribution in [0.25, 0.3) is 62.6 Å². The van der Waals surface area contributed by atoms with Crippen LogP contribution in [0.15, 0.2) is 133 Å². The van der Waals surface area contributed by atoms with E-state index in [1.54, 1.807) is 0 Å². The van der Waals surface area contributed by atoms with Gasteiger partial charge in [-0.25, -0.2) is 0 Å². The van der Waals surface area contributed by atoms with E-state index in [1.165, 1.54) is 62.6 Å². The van der Waals surface area contributed by atoms with Crippen LogP contribution < -0.4 is 5.32 Å². The Morgan fingerprint density at radius 3 is 2.03 bits per heavy atom. The van der Waals surface area contributed by atoms with Gasteiger partial charge in [0.05, 0.1) is 0 Å². The lowest BCUT2D eigenvalue weighted by molar-refractivity contribution is 1.61. The molecule has 0 saturated heterocycles. The molecule has 0 amide bonds. The first-order valence-electron chi connectivity index (χ1n) is 13.1. The topological polar surface area (TPSA) is 12.0 Å². The monoisotopic (exact) mass is 533 g/mol. The third-order valence-electron chi connectivity index (χ3n) is 7.47. The number of thiophene rings is 2. The number of rotatable bonds is 4. The fourth-order valence-corrected chi connectivity index (χ4v) is 7.99. The summed E-state index contributed by atoms with van der Waals surface area (Å²) in [5.74, 6) is 0. The van der Waals surface area contributed by atoms with Crippen molar-refractivity contribution in [2.75, 3.05) is 5.32 Å². The molecule has 2 heterocycles. The van der Waals surface area contributed by atoms with Crippen molar-refractivity contribution in [3.63, 3.8) is 0 Å². The smallest absolute Gasteiger partial charge is 0.0479 e. The van der Waals surface area contributed by atoms with E-state index in [0.29, 0.717) is 0 Å². The zero-order valence-corrected chi connectivity index (χ0v) is 22.7. The summed E-state index contributed by atoms with van der Waals surface area (Å²) in [4.78, 5) is 0. The fourth-order valence-electron chi connectivity index (χ4n) is 5.60. The quantitative estimate of drug-likeness (QED) is 0.237. The maximum Gasteiger partial charge on any atom is 0.0479 e. The predicted molar refractivity (Wildman–Crippen MR) is 173 cm³/mol. The van der Waals surface area contributed by atoms with E-state index in [0.717, 1.165) is 11.4 Å². The second kappa shape index (κ2) is 9.09. The van der Waals surface area contributed by atoms with Gasteiger partial charge in [0.25, 0.3) is 0 Å². The van der Waals surface area contributed by atoms with E-state index >= 15 is 0 Å². The summed E-state index contributed by atoms with van der Waals surface area (Å²) in [7, 11) is 0. The molecule has 0 aliphatic carbocycles. The molecule has 0 bridgehead atoms. The minimum absolute atomic E-state index is 1.11. The van der Waals surface area contributed by atoms with Crippen molar-refractivity contribution >= 4 is 74.4 Å². The van der Waals surface area contributed by atoms with Gasteiger partial charge in [0, 0.05) is 51.7 Å². The lowest BCUT2D eigenvalue weighted by atomic mass is 9.99. The Bertz CT molecular complexity index is 2140. The highest BCUT2D eigenvalue weighted by Gasteiger charge is 2.16. The average molecular weight is 534 g/mol. The van der Waals surface area contributed by atoms with Crippen molar-refractivity contribution < 1.29 is 0 Å². The van der Waals surface area contributed by atoms with Crippen LogP contribution in [0.1, 0.15) is 0 Å². The maximum atomic E-state index is 3.81. The Hall–Kier alpha value is -4.44. The summed E-state index contributed by atoms with van der Waals surface area (Å²) in [5, 5.41) is 9.01. The van der Waals surface area contributed by atoms with Gasteiger partial charge in [0.15, 0.2) is 0 Å². The molecule has 8 aromatic rings. The maximum absolute atomic E-state index is 3.81. The summed E-state index contributed by atoms with van der Waals surface area (Å²) in [6.07, 6.45) is 0. The molecule has 0 saturated carbocycles. The van der Waals surface area contributed by atoms with Crippen molar-refractivity contribution in [1.29, 1.82) is 0 Å². The van der Waals surface area contributed by atoms with Gasteiger partial charge < -0.3 is 5.32 Å². The summed E-state index contributed by atoms with van der Waals surface area (Å²) in [5.41, 5.74) is 7.27. The van der Waals surface area contributed by atoms with Gasteiger partial charge >= 0.3 is 0 Å². The van der Waals surface area contributed by atoms with Crippen LogP contribution in [-0.4, -0.2) is 0 Å². The Morgan fingerprint density at radius 1 is 0.436 bits per heavy atom. The van der Waals surface area contributed by atoms with E-state index < -0.39 is 0 Å². The molecule has 0 aliphatic heterocycles. The number of benzene rings is 6. The van der Waals surface area contributed by atoms with E-state index in [9.17, 15) is 0 Å². The third-order valence-corrected chi connectivity index (χ3v) is 9.81. The first-order valence-corrected chi connectivity index (χ1v) is 14.7. The highest BCUT2D eigenvalue weighted by Crippen LogP contribution is 2.45. The van der Waals surface area contributed by atoms with E-state index in [-0.39, 0.29) is 0 Å². The summed E-state index contributed by atoms with van der Waals surface area (Å²) in [6, 6.07) is 48.2. The van der Waals surface area contributed by atoms with Crippen LogP contribution in [0, 0.1) is 0 Å². The molecule has 3 heteroatoms. The van der Waals surface area contributed by atoms with Crippen LogP contribution in [-0.2, 0) is 0 Å². The highest BCUT2D eigenvalue weighted by atomic mass is 32.1. The molecular weight excluding hydrogens is 511 g/mol. The van der Waals surface area contributed by atoms with Crippen LogP contribution in [0.2, 0.25) is 0 Å². The van der Waals surface area contributed by atoms with Crippen LogP contribution in [0.5, 0.6) is 0 Å². The number of nitrogens with one attached hydrogen (secondary N) is 1. The molecule has 1 N–H and O–H groups in total. The van der Waals surface area contributed by atoms with Gasteiger partial charge in [-0.1, -0.05) is 97.1 Å². The van der Waals surface area contributed by atoms with Crippen molar-refractivity contribution in [3.05, 3.63) is 133 Å². The Labute approximate surface area is 234 Å². The lowest BCUT2D eigenvalue weighted by Gasteiger charge is -2.12. The number of hydrogen-bond donors (Lipinski definition) is 1. The van der Waals surface area contributed by atoms with Crippen molar-refractivity contribution in [3.8, 4) is 22.3 Å². The van der Waals surface area contributed by atoms with Crippen molar-refractivity contribution in [2.45, 2.75) is 0 Å². The molecule has 0 spiro atoms. The zero-order chi connectivity index (χ0) is 25.8. The summed E-state index contributed by atoms with van der Waals surface area (Å²) < 4.78 is 5.27. The molecule has 2 aromatic heterocycles. The lowest BCUT2D eigenvalue weighted by Crippen LogP contribution is -1.91. The molecule has 8 rings (SSSR count). The average Bonchev–Trinajstić information content (AvgIpc) is 3.56. The van der Waals surface area contributed by atoms with Crippen molar-refractivity contribution in [1.82, 2.24) is 0 Å².